The van der Waals surface area contributed by atoms with Crippen molar-refractivity contribution < 1.29 is 9.47 Å². The summed E-state index contributed by atoms with van der Waals surface area (Å²) in [4.78, 5) is 0. The van der Waals surface area contributed by atoms with E-state index in [1.807, 2.05) is 0 Å². The second-order valence-corrected chi connectivity index (χ2v) is 7.02. The van der Waals surface area contributed by atoms with Crippen molar-refractivity contribution in [3.63, 3.8) is 0 Å². The van der Waals surface area contributed by atoms with Crippen LogP contribution >= 0.6 is 15.9 Å². The molecule has 1 heterocycles. The second-order valence-electron chi connectivity index (χ2n) is 6.17. The van der Waals surface area contributed by atoms with E-state index in [4.69, 9.17) is 9.47 Å². The first-order chi connectivity index (χ1) is 9.81. The molecule has 3 nitrogen and oxygen atoms in total. The van der Waals surface area contributed by atoms with Crippen molar-refractivity contribution in [2.75, 3.05) is 19.8 Å². The zero-order valence-electron chi connectivity index (χ0n) is 11.5. The van der Waals surface area contributed by atoms with E-state index in [0.717, 1.165) is 47.6 Å². The fourth-order valence-electron chi connectivity index (χ4n) is 2.95. The lowest BCUT2D eigenvalue weighted by Gasteiger charge is -2.12. The van der Waals surface area contributed by atoms with E-state index in [-0.39, 0.29) is 0 Å². The van der Waals surface area contributed by atoms with E-state index in [9.17, 15) is 0 Å². The number of nitrogens with one attached hydrogen (secondary N) is 1. The van der Waals surface area contributed by atoms with Gasteiger partial charge in [0.25, 0.3) is 0 Å². The summed E-state index contributed by atoms with van der Waals surface area (Å²) in [6.07, 6.45) is 4.99. The van der Waals surface area contributed by atoms with Crippen molar-refractivity contribution in [3.8, 4) is 11.5 Å². The molecule has 1 aliphatic heterocycles. The summed E-state index contributed by atoms with van der Waals surface area (Å²) >= 11 is 3.64. The van der Waals surface area contributed by atoms with Crippen molar-refractivity contribution >= 4 is 15.9 Å². The molecule has 0 spiro atoms. The summed E-state index contributed by atoms with van der Waals surface area (Å²) in [5.74, 6) is 3.27. The molecule has 1 aromatic rings. The minimum absolute atomic E-state index is 0.690. The molecule has 2 saturated carbocycles. The minimum Gasteiger partial charge on any atom is -0.490 e. The van der Waals surface area contributed by atoms with Gasteiger partial charge in [-0.2, -0.15) is 0 Å². The van der Waals surface area contributed by atoms with E-state index in [1.54, 1.807) is 0 Å². The minimum atomic E-state index is 0.690. The van der Waals surface area contributed by atoms with Gasteiger partial charge in [-0.3, -0.25) is 0 Å². The van der Waals surface area contributed by atoms with E-state index in [1.165, 1.54) is 31.4 Å². The van der Waals surface area contributed by atoms with Gasteiger partial charge in [-0.05, 0) is 71.3 Å². The summed E-state index contributed by atoms with van der Waals surface area (Å²) < 4.78 is 12.6. The third-order valence-electron chi connectivity index (χ3n) is 4.42. The van der Waals surface area contributed by atoms with Gasteiger partial charge >= 0.3 is 0 Å². The van der Waals surface area contributed by atoms with Crippen molar-refractivity contribution in [1.82, 2.24) is 5.32 Å². The predicted molar refractivity (Wildman–Crippen MR) is 81.6 cm³/mol. The molecule has 0 amide bonds. The van der Waals surface area contributed by atoms with Gasteiger partial charge in [0, 0.05) is 12.5 Å². The Balaban J connectivity index is 1.48. The fourth-order valence-corrected chi connectivity index (χ4v) is 3.53. The number of halogens is 1. The normalized spacial score (nSPS) is 28.1. The summed E-state index contributed by atoms with van der Waals surface area (Å²) in [6.45, 7) is 2.66. The molecule has 2 fully saturated rings. The van der Waals surface area contributed by atoms with Crippen molar-refractivity contribution in [1.29, 1.82) is 0 Å². The van der Waals surface area contributed by atoms with E-state index < -0.39 is 0 Å². The van der Waals surface area contributed by atoms with Crippen LogP contribution in [0.2, 0.25) is 0 Å². The Morgan fingerprint density at radius 2 is 2.05 bits per heavy atom. The third-order valence-corrected chi connectivity index (χ3v) is 5.01. The van der Waals surface area contributed by atoms with Gasteiger partial charge in [0.1, 0.15) is 0 Å². The maximum atomic E-state index is 5.82. The van der Waals surface area contributed by atoms with Crippen LogP contribution in [-0.2, 0) is 0 Å². The molecule has 0 aromatic heterocycles. The average Bonchev–Trinajstić information content (AvgIpc) is 3.29. The van der Waals surface area contributed by atoms with Crippen LogP contribution in [0.15, 0.2) is 16.6 Å². The van der Waals surface area contributed by atoms with Crippen LogP contribution < -0.4 is 14.8 Å². The highest BCUT2D eigenvalue weighted by atomic mass is 79.9. The van der Waals surface area contributed by atoms with Gasteiger partial charge in [0.05, 0.1) is 17.7 Å². The maximum Gasteiger partial charge on any atom is 0.175 e. The highest BCUT2D eigenvalue weighted by Crippen LogP contribution is 2.50. The first kappa shape index (κ1) is 13.0. The number of benzene rings is 1. The number of fused-ring (bicyclic) bond motifs is 1. The Kier molecular flexibility index (Phi) is 3.39. The Bertz CT molecular complexity index is 515. The maximum absolute atomic E-state index is 5.82. The van der Waals surface area contributed by atoms with Crippen LogP contribution in [0.3, 0.4) is 0 Å². The van der Waals surface area contributed by atoms with E-state index in [2.05, 4.69) is 33.4 Å². The molecule has 2 atom stereocenters. The molecule has 0 radical (unpaired) electrons. The molecule has 108 valence electrons. The number of hydrogen-bond donors (Lipinski definition) is 1. The standard InChI is InChI=1S/C16H20BrNO2/c17-14-7-10(8-15-16(14)20-5-1-4-19-15)13-6-11(13)9-18-12-2-3-12/h7-8,11-13,18H,1-6,9H2. The zero-order valence-corrected chi connectivity index (χ0v) is 13.1. The number of hydrogen-bond acceptors (Lipinski definition) is 3. The lowest BCUT2D eigenvalue weighted by molar-refractivity contribution is 0.296. The molecule has 0 bridgehead atoms. The number of ether oxygens (including phenoxy) is 2. The van der Waals surface area contributed by atoms with Crippen LogP contribution in [-0.4, -0.2) is 25.8 Å². The highest BCUT2D eigenvalue weighted by molar-refractivity contribution is 9.10. The van der Waals surface area contributed by atoms with Crippen molar-refractivity contribution in [2.24, 2.45) is 5.92 Å². The Labute approximate surface area is 128 Å². The molecule has 4 heteroatoms. The first-order valence-electron chi connectivity index (χ1n) is 7.63. The van der Waals surface area contributed by atoms with Crippen molar-refractivity contribution in [2.45, 2.75) is 37.6 Å². The number of rotatable bonds is 4. The van der Waals surface area contributed by atoms with E-state index in [0.29, 0.717) is 5.92 Å². The Hall–Kier alpha value is -0.740. The largest absolute Gasteiger partial charge is 0.490 e. The van der Waals surface area contributed by atoms with Crippen LogP contribution in [0.5, 0.6) is 11.5 Å². The highest BCUT2D eigenvalue weighted by Gasteiger charge is 2.39. The van der Waals surface area contributed by atoms with Crippen molar-refractivity contribution in [3.05, 3.63) is 22.2 Å². The molecule has 3 aliphatic rings. The molecule has 1 aromatic carbocycles. The van der Waals surface area contributed by atoms with Crippen LogP contribution in [0.1, 0.15) is 37.2 Å². The molecular weight excluding hydrogens is 318 g/mol. The SMILES string of the molecule is Brc1cc(C2CC2CNC2CC2)cc2c1OCCCO2. The quantitative estimate of drug-likeness (QED) is 0.912. The lowest BCUT2D eigenvalue weighted by Crippen LogP contribution is -2.19. The second kappa shape index (κ2) is 5.23. The summed E-state index contributed by atoms with van der Waals surface area (Å²) in [7, 11) is 0. The summed E-state index contributed by atoms with van der Waals surface area (Å²) in [6, 6.07) is 5.22. The van der Waals surface area contributed by atoms with Gasteiger partial charge < -0.3 is 14.8 Å². The monoisotopic (exact) mass is 337 g/mol. The summed E-state index contributed by atoms with van der Waals surface area (Å²) in [5, 5.41) is 3.64. The van der Waals surface area contributed by atoms with Gasteiger partial charge in [0.15, 0.2) is 11.5 Å². The smallest absolute Gasteiger partial charge is 0.175 e. The lowest BCUT2D eigenvalue weighted by atomic mass is 10.1. The topological polar surface area (TPSA) is 30.5 Å². The van der Waals surface area contributed by atoms with Crippen LogP contribution in [0, 0.1) is 5.92 Å². The molecule has 20 heavy (non-hydrogen) atoms. The molecule has 2 aliphatic carbocycles. The predicted octanol–water partition coefficient (Wildman–Crippen LogP) is 3.47. The first-order valence-corrected chi connectivity index (χ1v) is 8.43. The molecular formula is C16H20BrNO2. The van der Waals surface area contributed by atoms with E-state index >= 15 is 0 Å². The third kappa shape index (κ3) is 2.68. The van der Waals surface area contributed by atoms with Gasteiger partial charge in [-0.1, -0.05) is 0 Å². The molecule has 4 rings (SSSR count). The Morgan fingerprint density at radius 3 is 2.90 bits per heavy atom. The fraction of sp³-hybridized carbons (Fsp3) is 0.625. The zero-order chi connectivity index (χ0) is 13.5. The molecule has 1 N–H and O–H groups in total. The Morgan fingerprint density at radius 1 is 1.20 bits per heavy atom. The van der Waals surface area contributed by atoms with Crippen LogP contribution in [0.4, 0.5) is 0 Å². The average molecular weight is 338 g/mol. The van der Waals surface area contributed by atoms with Crippen LogP contribution in [0.25, 0.3) is 0 Å². The van der Waals surface area contributed by atoms with Gasteiger partial charge in [-0.25, -0.2) is 0 Å². The van der Waals surface area contributed by atoms with Gasteiger partial charge in [-0.15, -0.1) is 0 Å². The molecule has 2 unspecified atom stereocenters. The molecule has 0 saturated heterocycles. The summed E-state index contributed by atoms with van der Waals surface area (Å²) in [5.41, 5.74) is 1.39. The van der Waals surface area contributed by atoms with Gasteiger partial charge in [0.2, 0.25) is 0 Å².